The molecule has 8 heteroatoms. The Balaban J connectivity index is 1.52. The third-order valence-electron chi connectivity index (χ3n) is 4.73. The van der Waals surface area contributed by atoms with Gasteiger partial charge in [-0.05, 0) is 25.7 Å². The largest absolute Gasteiger partial charge is 0.489 e. The number of amides is 1. The number of thiazole rings is 1. The second-order valence-electron chi connectivity index (χ2n) is 7.76. The van der Waals surface area contributed by atoms with E-state index in [9.17, 15) is 9.18 Å². The zero-order valence-corrected chi connectivity index (χ0v) is 18.1. The second-order valence-corrected chi connectivity index (χ2v) is 9.17. The Morgan fingerprint density at radius 1 is 1.43 bits per heavy atom. The van der Waals surface area contributed by atoms with Gasteiger partial charge in [0.25, 0.3) is 0 Å². The minimum atomic E-state index is -0.477. The number of rotatable bonds is 8. The third-order valence-corrected chi connectivity index (χ3v) is 6.59. The zero-order chi connectivity index (χ0) is 20.4. The smallest absolute Gasteiger partial charge is 0.217 e. The van der Waals surface area contributed by atoms with Crippen LogP contribution in [-0.4, -0.2) is 36.3 Å². The summed E-state index contributed by atoms with van der Waals surface area (Å²) < 4.78 is 26.7. The Labute approximate surface area is 173 Å². The molecular weight excluding hydrogens is 403 g/mol. The number of nitrogens with zero attached hydrogens (tertiary/aromatic N) is 1. The summed E-state index contributed by atoms with van der Waals surface area (Å²) in [5.74, 6) is 0.139. The number of aromatic nitrogens is 1. The molecular formula is C20H26ClFN2O3S. The Morgan fingerprint density at radius 2 is 2.14 bits per heavy atom. The van der Waals surface area contributed by atoms with Crippen LogP contribution in [0, 0.1) is 11.7 Å². The van der Waals surface area contributed by atoms with E-state index in [-0.39, 0.29) is 29.7 Å². The number of halogens is 2. The van der Waals surface area contributed by atoms with Gasteiger partial charge in [0.2, 0.25) is 5.91 Å². The van der Waals surface area contributed by atoms with Crippen LogP contribution in [0.1, 0.15) is 51.5 Å². The van der Waals surface area contributed by atoms with Crippen LogP contribution in [0.15, 0.2) is 6.07 Å². The molecule has 0 unspecified atom stereocenters. The fourth-order valence-electron chi connectivity index (χ4n) is 3.19. The highest BCUT2D eigenvalue weighted by molar-refractivity contribution is 7.19. The van der Waals surface area contributed by atoms with Gasteiger partial charge < -0.3 is 14.8 Å². The summed E-state index contributed by atoms with van der Waals surface area (Å²) in [6, 6.07) is 1.39. The van der Waals surface area contributed by atoms with Crippen LogP contribution in [0.4, 0.5) is 4.39 Å². The van der Waals surface area contributed by atoms with Crippen molar-refractivity contribution in [3.63, 3.8) is 0 Å². The molecule has 0 bridgehead atoms. The van der Waals surface area contributed by atoms with Crippen molar-refractivity contribution in [3.05, 3.63) is 21.9 Å². The lowest BCUT2D eigenvalue weighted by atomic mass is 9.83. The zero-order valence-electron chi connectivity index (χ0n) is 16.6. The average Bonchev–Trinajstić information content (AvgIpc) is 2.99. The molecule has 0 aliphatic heterocycles. The van der Waals surface area contributed by atoms with Gasteiger partial charge in [-0.15, -0.1) is 11.3 Å². The fourth-order valence-corrected chi connectivity index (χ4v) is 4.53. The molecule has 1 aromatic carbocycles. The van der Waals surface area contributed by atoms with E-state index < -0.39 is 5.82 Å². The second kappa shape index (κ2) is 8.93. The maximum absolute atomic E-state index is 14.4. The quantitative estimate of drug-likeness (QED) is 0.648. The van der Waals surface area contributed by atoms with Crippen molar-refractivity contribution in [3.8, 4) is 5.75 Å². The predicted octanol–water partition coefficient (Wildman–Crippen LogP) is 4.91. The molecule has 2 aromatic rings. The van der Waals surface area contributed by atoms with E-state index in [1.807, 2.05) is 20.8 Å². The molecule has 1 fully saturated rings. The molecule has 0 radical (unpaired) electrons. The van der Waals surface area contributed by atoms with Crippen molar-refractivity contribution in [2.75, 3.05) is 13.2 Å². The van der Waals surface area contributed by atoms with E-state index in [4.69, 9.17) is 21.1 Å². The standard InChI is InChI=1S/C20H26ClFN2O3S/c1-10(2)20-24-16-7-15(22)18(17(21)19(16)28-20)27-9-13-5-14(6-13)26-8-11(3)23-12(4)25/h7,10-11,13-14H,5-6,8-9H2,1-4H3,(H,23,25)/t11-,13?,14?/m0/s1. The molecule has 1 N–H and O–H groups in total. The van der Waals surface area contributed by atoms with Crippen molar-refractivity contribution >= 4 is 39.1 Å². The van der Waals surface area contributed by atoms with Crippen LogP contribution in [0.5, 0.6) is 5.75 Å². The lowest BCUT2D eigenvalue weighted by Crippen LogP contribution is -2.40. The van der Waals surface area contributed by atoms with Gasteiger partial charge in [-0.2, -0.15) is 0 Å². The molecule has 0 saturated heterocycles. The van der Waals surface area contributed by atoms with Crippen molar-refractivity contribution in [1.29, 1.82) is 0 Å². The number of hydrogen-bond acceptors (Lipinski definition) is 5. The molecule has 1 heterocycles. The van der Waals surface area contributed by atoms with Crippen LogP contribution in [0.2, 0.25) is 5.02 Å². The van der Waals surface area contributed by atoms with Crippen LogP contribution in [0.3, 0.4) is 0 Å². The number of carbonyl (C=O) groups is 1. The molecule has 154 valence electrons. The highest BCUT2D eigenvalue weighted by atomic mass is 35.5. The van der Waals surface area contributed by atoms with Crippen LogP contribution >= 0.6 is 22.9 Å². The molecule has 1 saturated carbocycles. The first kappa shape index (κ1) is 21.3. The first-order valence-corrected chi connectivity index (χ1v) is 10.7. The predicted molar refractivity (Wildman–Crippen MR) is 110 cm³/mol. The highest BCUT2D eigenvalue weighted by Gasteiger charge is 2.31. The molecule has 1 aliphatic rings. The van der Waals surface area contributed by atoms with E-state index in [0.29, 0.717) is 29.7 Å². The molecule has 5 nitrogen and oxygen atoms in total. The van der Waals surface area contributed by atoms with Crippen molar-refractivity contribution < 1.29 is 18.7 Å². The summed E-state index contributed by atoms with van der Waals surface area (Å²) in [5.41, 5.74) is 0.578. The monoisotopic (exact) mass is 428 g/mol. The van der Waals surface area contributed by atoms with Gasteiger partial charge in [0.05, 0.1) is 34.5 Å². The number of fused-ring (bicyclic) bond motifs is 1. The topological polar surface area (TPSA) is 60.5 Å². The minimum absolute atomic E-state index is 0.0115. The maximum atomic E-state index is 14.4. The average molecular weight is 429 g/mol. The van der Waals surface area contributed by atoms with Gasteiger partial charge >= 0.3 is 0 Å². The summed E-state index contributed by atoms with van der Waals surface area (Å²) in [4.78, 5) is 15.5. The SMILES string of the molecule is CC(=O)N[C@@H](C)COC1CC(COc2c(F)cc3nc(C(C)C)sc3c2Cl)C1. The summed E-state index contributed by atoms with van der Waals surface area (Å²) in [6.07, 6.45) is 1.86. The number of ether oxygens (including phenoxy) is 2. The Kier molecular flexibility index (Phi) is 6.78. The van der Waals surface area contributed by atoms with Crippen LogP contribution in [-0.2, 0) is 9.53 Å². The summed E-state index contributed by atoms with van der Waals surface area (Å²) in [7, 11) is 0. The first-order valence-electron chi connectivity index (χ1n) is 9.54. The van der Waals surface area contributed by atoms with Gasteiger partial charge in [0.1, 0.15) is 5.02 Å². The maximum Gasteiger partial charge on any atom is 0.217 e. The van der Waals surface area contributed by atoms with E-state index in [0.717, 1.165) is 22.5 Å². The van der Waals surface area contributed by atoms with E-state index in [2.05, 4.69) is 10.3 Å². The summed E-state index contributed by atoms with van der Waals surface area (Å²) in [5, 5.41) is 4.02. The van der Waals surface area contributed by atoms with Gasteiger partial charge in [-0.3, -0.25) is 4.79 Å². The van der Waals surface area contributed by atoms with Crippen LogP contribution in [0.25, 0.3) is 10.2 Å². The Bertz CT molecular complexity index is 852. The van der Waals surface area contributed by atoms with Gasteiger partial charge in [0, 0.05) is 24.9 Å². The number of hydrogen-bond donors (Lipinski definition) is 1. The lowest BCUT2D eigenvalue weighted by molar-refractivity contribution is -0.120. The lowest BCUT2D eigenvalue weighted by Gasteiger charge is -2.35. The van der Waals surface area contributed by atoms with E-state index >= 15 is 0 Å². The number of carbonyl (C=O) groups excluding carboxylic acids is 1. The molecule has 1 aromatic heterocycles. The Morgan fingerprint density at radius 3 is 2.79 bits per heavy atom. The third kappa shape index (κ3) is 4.93. The van der Waals surface area contributed by atoms with Gasteiger partial charge in [-0.25, -0.2) is 9.37 Å². The fraction of sp³-hybridized carbons (Fsp3) is 0.600. The normalized spacial score (nSPS) is 20.2. The highest BCUT2D eigenvalue weighted by Crippen LogP contribution is 2.41. The van der Waals surface area contributed by atoms with Gasteiger partial charge in [0.15, 0.2) is 11.6 Å². The summed E-state index contributed by atoms with van der Waals surface area (Å²) in [6.45, 7) is 8.38. The molecule has 1 atom stereocenters. The van der Waals surface area contributed by atoms with E-state index in [1.54, 1.807) is 0 Å². The molecule has 0 spiro atoms. The van der Waals surface area contributed by atoms with Crippen LogP contribution < -0.4 is 10.1 Å². The molecule has 28 heavy (non-hydrogen) atoms. The van der Waals surface area contributed by atoms with Crippen molar-refractivity contribution in [1.82, 2.24) is 10.3 Å². The molecule has 1 amide bonds. The Hall–Kier alpha value is -1.44. The molecule has 1 aliphatic carbocycles. The molecule has 3 rings (SSSR count). The van der Waals surface area contributed by atoms with Crippen molar-refractivity contribution in [2.45, 2.75) is 58.6 Å². The minimum Gasteiger partial charge on any atom is -0.489 e. The van der Waals surface area contributed by atoms with Gasteiger partial charge in [-0.1, -0.05) is 25.4 Å². The van der Waals surface area contributed by atoms with Crippen molar-refractivity contribution in [2.24, 2.45) is 5.92 Å². The number of nitrogens with one attached hydrogen (secondary N) is 1. The summed E-state index contributed by atoms with van der Waals surface area (Å²) >= 11 is 7.89. The number of benzene rings is 1. The van der Waals surface area contributed by atoms with E-state index in [1.165, 1.54) is 24.3 Å². The first-order chi connectivity index (χ1) is 13.2.